The number of nitrogens with zero attached hydrogens (tertiary/aromatic N) is 1. The van der Waals surface area contributed by atoms with E-state index in [2.05, 4.69) is 17.1 Å². The molecule has 5 nitrogen and oxygen atoms in total. The largest absolute Gasteiger partial charge is 0.481 e. The Hall–Kier alpha value is -0.650. The SMILES string of the molecule is CCCCCNCCN1CCC[C@@H]1COCCCCC(=O)O. The third-order valence-corrected chi connectivity index (χ3v) is 4.27. The smallest absolute Gasteiger partial charge is 0.303 e. The summed E-state index contributed by atoms with van der Waals surface area (Å²) in [6.45, 7) is 8.21. The van der Waals surface area contributed by atoms with Crippen molar-refractivity contribution in [1.82, 2.24) is 10.2 Å². The highest BCUT2D eigenvalue weighted by Crippen LogP contribution is 2.16. The summed E-state index contributed by atoms with van der Waals surface area (Å²) in [6, 6.07) is 0.553. The van der Waals surface area contributed by atoms with Gasteiger partial charge in [-0.05, 0) is 45.2 Å². The zero-order valence-electron chi connectivity index (χ0n) is 14.2. The van der Waals surface area contributed by atoms with Gasteiger partial charge in [0.25, 0.3) is 0 Å². The molecule has 1 fully saturated rings. The molecule has 0 bridgehead atoms. The number of unbranched alkanes of at least 4 members (excludes halogenated alkanes) is 3. The minimum Gasteiger partial charge on any atom is -0.481 e. The highest BCUT2D eigenvalue weighted by molar-refractivity contribution is 5.66. The normalized spacial score (nSPS) is 18.9. The average molecular weight is 314 g/mol. The Morgan fingerprint density at radius 2 is 2.14 bits per heavy atom. The summed E-state index contributed by atoms with van der Waals surface area (Å²) in [7, 11) is 0. The van der Waals surface area contributed by atoms with Gasteiger partial charge in [-0.1, -0.05) is 19.8 Å². The van der Waals surface area contributed by atoms with Crippen molar-refractivity contribution in [3.05, 3.63) is 0 Å². The Bertz CT molecular complexity index is 287. The summed E-state index contributed by atoms with van der Waals surface area (Å²) >= 11 is 0. The maximum atomic E-state index is 10.4. The molecule has 0 unspecified atom stereocenters. The number of likely N-dealkylation sites (tertiary alicyclic amines) is 1. The summed E-state index contributed by atoms with van der Waals surface area (Å²) in [6.07, 6.45) is 8.17. The van der Waals surface area contributed by atoms with Gasteiger partial charge < -0.3 is 15.2 Å². The van der Waals surface area contributed by atoms with Gasteiger partial charge in [-0.2, -0.15) is 0 Å². The van der Waals surface area contributed by atoms with Crippen LogP contribution in [0, 0.1) is 0 Å². The lowest BCUT2D eigenvalue weighted by atomic mass is 10.2. The van der Waals surface area contributed by atoms with Crippen LogP contribution in [0.3, 0.4) is 0 Å². The van der Waals surface area contributed by atoms with Gasteiger partial charge >= 0.3 is 5.97 Å². The van der Waals surface area contributed by atoms with Gasteiger partial charge in [0.15, 0.2) is 0 Å². The number of ether oxygens (including phenoxy) is 1. The highest BCUT2D eigenvalue weighted by Gasteiger charge is 2.23. The monoisotopic (exact) mass is 314 g/mol. The summed E-state index contributed by atoms with van der Waals surface area (Å²) in [5, 5.41) is 12.1. The Labute approximate surface area is 135 Å². The van der Waals surface area contributed by atoms with Gasteiger partial charge in [0.2, 0.25) is 0 Å². The predicted molar refractivity (Wildman–Crippen MR) is 89.3 cm³/mol. The molecular formula is C17H34N2O3. The van der Waals surface area contributed by atoms with E-state index in [9.17, 15) is 4.79 Å². The van der Waals surface area contributed by atoms with Crippen molar-refractivity contribution in [3.63, 3.8) is 0 Å². The molecule has 1 aliphatic rings. The van der Waals surface area contributed by atoms with Crippen LogP contribution in [0.2, 0.25) is 0 Å². The summed E-state index contributed by atoms with van der Waals surface area (Å²) < 4.78 is 5.73. The molecule has 0 spiro atoms. The molecule has 2 N–H and O–H groups in total. The molecular weight excluding hydrogens is 280 g/mol. The molecule has 0 aromatic heterocycles. The lowest BCUT2D eigenvalue weighted by Crippen LogP contribution is -2.38. The number of hydrogen-bond acceptors (Lipinski definition) is 4. The Kier molecular flexibility index (Phi) is 11.3. The molecule has 1 heterocycles. The van der Waals surface area contributed by atoms with Crippen molar-refractivity contribution in [1.29, 1.82) is 0 Å². The zero-order valence-corrected chi connectivity index (χ0v) is 14.2. The van der Waals surface area contributed by atoms with Crippen LogP contribution in [0.25, 0.3) is 0 Å². The summed E-state index contributed by atoms with van der Waals surface area (Å²) in [5.74, 6) is -0.714. The molecule has 0 amide bonds. The van der Waals surface area contributed by atoms with Crippen molar-refractivity contribution < 1.29 is 14.6 Å². The summed E-state index contributed by atoms with van der Waals surface area (Å²) in [5.41, 5.74) is 0. The van der Waals surface area contributed by atoms with E-state index in [-0.39, 0.29) is 6.42 Å². The molecule has 1 aliphatic heterocycles. The molecule has 130 valence electrons. The molecule has 22 heavy (non-hydrogen) atoms. The molecule has 0 aliphatic carbocycles. The summed E-state index contributed by atoms with van der Waals surface area (Å²) in [4.78, 5) is 12.9. The van der Waals surface area contributed by atoms with E-state index in [1.165, 1.54) is 38.6 Å². The van der Waals surface area contributed by atoms with Crippen molar-refractivity contribution in [2.75, 3.05) is 39.4 Å². The molecule has 0 aromatic carbocycles. The fourth-order valence-corrected chi connectivity index (χ4v) is 2.93. The average Bonchev–Trinajstić information content (AvgIpc) is 2.93. The fraction of sp³-hybridized carbons (Fsp3) is 0.941. The maximum Gasteiger partial charge on any atom is 0.303 e. The minimum absolute atomic E-state index is 0.253. The van der Waals surface area contributed by atoms with Gasteiger partial charge in [0, 0.05) is 32.2 Å². The van der Waals surface area contributed by atoms with E-state index < -0.39 is 5.97 Å². The second kappa shape index (κ2) is 12.9. The third kappa shape index (κ3) is 9.38. The molecule has 1 saturated heterocycles. The Morgan fingerprint density at radius 3 is 2.91 bits per heavy atom. The van der Waals surface area contributed by atoms with E-state index in [0.717, 1.165) is 32.7 Å². The van der Waals surface area contributed by atoms with Crippen LogP contribution in [0.5, 0.6) is 0 Å². The van der Waals surface area contributed by atoms with Gasteiger partial charge in [-0.25, -0.2) is 0 Å². The van der Waals surface area contributed by atoms with Crippen molar-refractivity contribution in [2.24, 2.45) is 0 Å². The second-order valence-electron chi connectivity index (χ2n) is 6.21. The van der Waals surface area contributed by atoms with Crippen LogP contribution < -0.4 is 5.32 Å². The number of nitrogens with one attached hydrogen (secondary N) is 1. The van der Waals surface area contributed by atoms with Crippen LogP contribution >= 0.6 is 0 Å². The molecule has 1 rings (SSSR count). The highest BCUT2D eigenvalue weighted by atomic mass is 16.5. The third-order valence-electron chi connectivity index (χ3n) is 4.27. The molecule has 0 radical (unpaired) electrons. The first-order chi connectivity index (χ1) is 10.7. The van der Waals surface area contributed by atoms with E-state index in [0.29, 0.717) is 19.1 Å². The standard InChI is InChI=1S/C17H34N2O3/c1-2-3-5-10-18-11-13-19-12-7-8-16(19)15-22-14-6-4-9-17(20)21/h16,18H,2-15H2,1H3,(H,20,21)/t16-/m1/s1. The number of hydrogen-bond donors (Lipinski definition) is 2. The van der Waals surface area contributed by atoms with Crippen LogP contribution in [-0.4, -0.2) is 61.4 Å². The van der Waals surface area contributed by atoms with Crippen LogP contribution in [0.4, 0.5) is 0 Å². The van der Waals surface area contributed by atoms with E-state index in [4.69, 9.17) is 9.84 Å². The molecule has 0 saturated carbocycles. The van der Waals surface area contributed by atoms with Gasteiger partial charge in [0.05, 0.1) is 6.61 Å². The zero-order chi connectivity index (χ0) is 16.0. The van der Waals surface area contributed by atoms with Crippen molar-refractivity contribution >= 4 is 5.97 Å². The maximum absolute atomic E-state index is 10.4. The van der Waals surface area contributed by atoms with E-state index in [1.54, 1.807) is 0 Å². The Morgan fingerprint density at radius 1 is 1.27 bits per heavy atom. The Balaban J connectivity index is 1.99. The van der Waals surface area contributed by atoms with Crippen LogP contribution in [0.15, 0.2) is 0 Å². The first kappa shape index (κ1) is 19.4. The molecule has 5 heteroatoms. The topological polar surface area (TPSA) is 61.8 Å². The lowest BCUT2D eigenvalue weighted by Gasteiger charge is -2.24. The minimum atomic E-state index is -0.714. The van der Waals surface area contributed by atoms with E-state index >= 15 is 0 Å². The van der Waals surface area contributed by atoms with Crippen molar-refractivity contribution in [2.45, 2.75) is 64.3 Å². The van der Waals surface area contributed by atoms with Crippen LogP contribution in [0.1, 0.15) is 58.3 Å². The number of rotatable bonds is 14. The second-order valence-corrected chi connectivity index (χ2v) is 6.21. The predicted octanol–water partition coefficient (Wildman–Crippen LogP) is 2.50. The van der Waals surface area contributed by atoms with Gasteiger partial charge in [-0.15, -0.1) is 0 Å². The van der Waals surface area contributed by atoms with Crippen molar-refractivity contribution in [3.8, 4) is 0 Å². The number of carboxylic acids is 1. The first-order valence-electron chi connectivity index (χ1n) is 8.98. The number of carbonyl (C=O) groups is 1. The first-order valence-corrected chi connectivity index (χ1v) is 8.98. The van der Waals surface area contributed by atoms with E-state index in [1.807, 2.05) is 0 Å². The van der Waals surface area contributed by atoms with Gasteiger partial charge in [-0.3, -0.25) is 9.69 Å². The quantitative estimate of drug-likeness (QED) is 0.482. The van der Waals surface area contributed by atoms with Gasteiger partial charge in [0.1, 0.15) is 0 Å². The van der Waals surface area contributed by atoms with Crippen LogP contribution in [-0.2, 0) is 9.53 Å². The lowest BCUT2D eigenvalue weighted by molar-refractivity contribution is -0.137. The number of carboxylic acid groups (broad SMARTS) is 1. The fourth-order valence-electron chi connectivity index (χ4n) is 2.93. The number of aliphatic carboxylic acids is 1. The molecule has 1 atom stereocenters. The molecule has 0 aromatic rings.